The van der Waals surface area contributed by atoms with Gasteiger partial charge in [-0.25, -0.2) is 0 Å². The van der Waals surface area contributed by atoms with Crippen molar-refractivity contribution in [2.45, 2.75) is 0 Å². The van der Waals surface area contributed by atoms with E-state index in [4.69, 9.17) is 0 Å². The minimum atomic E-state index is 0. The summed E-state index contributed by atoms with van der Waals surface area (Å²) >= 11 is 0. The smallest absolute Gasteiger partial charge is 0.125 e. The van der Waals surface area contributed by atoms with E-state index in [1.165, 1.54) is 0 Å². The van der Waals surface area contributed by atoms with Gasteiger partial charge >= 0.3 is 0 Å². The average Bonchev–Trinajstić information content (AvgIpc) is 3.02. The number of phenols is 1. The predicted molar refractivity (Wildman–Crippen MR) is 73.4 cm³/mol. The Balaban J connectivity index is 0.000000902. The largest absolute Gasteiger partial charge is 0.507 e. The Hall–Kier alpha value is -2.12. The van der Waals surface area contributed by atoms with E-state index in [0.717, 1.165) is 5.56 Å². The van der Waals surface area contributed by atoms with Crippen LogP contribution in [0.25, 0.3) is 22.5 Å². The maximum atomic E-state index is 9.92. The van der Waals surface area contributed by atoms with E-state index in [0.29, 0.717) is 17.0 Å². The first-order chi connectivity index (χ1) is 8.36. The van der Waals surface area contributed by atoms with Gasteiger partial charge in [-0.2, -0.15) is 0 Å². The number of aromatic amines is 2. The molecule has 0 atom stereocenters. The van der Waals surface area contributed by atoms with Crippen LogP contribution in [0.3, 0.4) is 0 Å². The zero-order valence-electron chi connectivity index (χ0n) is 9.44. The number of hydrogen-bond donors (Lipinski definition) is 3. The molecule has 3 aromatic rings. The van der Waals surface area contributed by atoms with Gasteiger partial charge in [0.25, 0.3) is 0 Å². The highest BCUT2D eigenvalue weighted by molar-refractivity contribution is 5.85. The van der Waals surface area contributed by atoms with Gasteiger partial charge < -0.3 is 5.11 Å². The lowest BCUT2D eigenvalue weighted by molar-refractivity contribution is 0.477. The first kappa shape index (κ1) is 14.9. The molecule has 2 aromatic heterocycles. The predicted octanol–water partition coefficient (Wildman–Crippen LogP) is 1.81. The second-order valence-electron chi connectivity index (χ2n) is 3.42. The molecule has 0 unspecified atom stereocenters. The van der Waals surface area contributed by atoms with Gasteiger partial charge in [0, 0.05) is 5.56 Å². The minimum Gasteiger partial charge on any atom is -0.507 e. The highest BCUT2D eigenvalue weighted by Crippen LogP contribution is 2.35. The molecule has 2 heterocycles. The molecular formula is C10H10Cl2N6O. The van der Waals surface area contributed by atoms with Gasteiger partial charge in [-0.1, -0.05) is 22.6 Å². The number of aromatic hydroxyl groups is 1. The van der Waals surface area contributed by atoms with Gasteiger partial charge in [0.2, 0.25) is 0 Å². The molecule has 0 amide bonds. The van der Waals surface area contributed by atoms with Crippen molar-refractivity contribution in [3.63, 3.8) is 0 Å². The van der Waals surface area contributed by atoms with Crippen LogP contribution in [0.15, 0.2) is 30.6 Å². The number of aromatic nitrogens is 6. The van der Waals surface area contributed by atoms with Crippen molar-refractivity contribution in [1.82, 2.24) is 30.8 Å². The van der Waals surface area contributed by atoms with E-state index < -0.39 is 0 Å². The third kappa shape index (κ3) is 2.67. The third-order valence-electron chi connectivity index (χ3n) is 2.41. The Morgan fingerprint density at radius 3 is 2.11 bits per heavy atom. The van der Waals surface area contributed by atoms with Crippen molar-refractivity contribution in [2.75, 3.05) is 0 Å². The fraction of sp³-hybridized carbons (Fsp3) is 0. The maximum absolute atomic E-state index is 9.92. The van der Waals surface area contributed by atoms with Crippen LogP contribution in [0, 0.1) is 0 Å². The molecule has 3 rings (SSSR count). The molecule has 100 valence electrons. The molecule has 19 heavy (non-hydrogen) atoms. The Morgan fingerprint density at radius 2 is 1.53 bits per heavy atom. The molecule has 0 radical (unpaired) electrons. The van der Waals surface area contributed by atoms with Crippen molar-refractivity contribution < 1.29 is 5.11 Å². The molecule has 0 saturated heterocycles. The van der Waals surface area contributed by atoms with Crippen molar-refractivity contribution in [3.05, 3.63) is 30.6 Å². The summed E-state index contributed by atoms with van der Waals surface area (Å²) in [5.41, 5.74) is 2.52. The lowest BCUT2D eigenvalue weighted by Crippen LogP contribution is -1.87. The van der Waals surface area contributed by atoms with Gasteiger partial charge in [-0.05, 0) is 6.07 Å². The van der Waals surface area contributed by atoms with Crippen LogP contribution in [-0.4, -0.2) is 35.9 Å². The second kappa shape index (κ2) is 6.17. The summed E-state index contributed by atoms with van der Waals surface area (Å²) in [5, 5.41) is 30.3. The van der Waals surface area contributed by atoms with Crippen LogP contribution in [0.5, 0.6) is 5.75 Å². The first-order valence-corrected chi connectivity index (χ1v) is 4.92. The summed E-state index contributed by atoms with van der Waals surface area (Å²) in [6.45, 7) is 0. The maximum Gasteiger partial charge on any atom is 0.125 e. The average molecular weight is 301 g/mol. The molecular weight excluding hydrogens is 291 g/mol. The molecule has 9 heteroatoms. The van der Waals surface area contributed by atoms with Gasteiger partial charge in [0.1, 0.15) is 17.1 Å². The Labute approximate surface area is 120 Å². The Morgan fingerprint density at radius 1 is 0.895 bits per heavy atom. The zero-order valence-corrected chi connectivity index (χ0v) is 11.1. The fourth-order valence-electron chi connectivity index (χ4n) is 1.68. The number of H-pyrrole nitrogens is 2. The van der Waals surface area contributed by atoms with Crippen molar-refractivity contribution in [1.29, 1.82) is 0 Å². The standard InChI is InChI=1S/C10H8N6O.2ClH/c17-9-3-1-2-6(7-4-11-15-13-7)10(9)8-5-12-16-14-8;;/h1-5,17H,(H,11,13,15)(H,12,14,16);2*1H. The molecule has 0 saturated carbocycles. The number of nitrogens with zero attached hydrogens (tertiary/aromatic N) is 4. The molecule has 0 spiro atoms. The van der Waals surface area contributed by atoms with Crippen molar-refractivity contribution in [2.24, 2.45) is 0 Å². The first-order valence-electron chi connectivity index (χ1n) is 4.92. The number of phenolic OH excluding ortho intramolecular Hbond substituents is 1. The van der Waals surface area contributed by atoms with Gasteiger partial charge in [-0.3, -0.25) is 10.2 Å². The van der Waals surface area contributed by atoms with Gasteiger partial charge in [0.05, 0.1) is 18.0 Å². The normalized spacial score (nSPS) is 9.47. The molecule has 1 aromatic carbocycles. The summed E-state index contributed by atoms with van der Waals surface area (Å²) in [4.78, 5) is 0. The summed E-state index contributed by atoms with van der Waals surface area (Å²) in [7, 11) is 0. The van der Waals surface area contributed by atoms with Crippen molar-refractivity contribution >= 4 is 24.8 Å². The zero-order chi connectivity index (χ0) is 11.7. The van der Waals surface area contributed by atoms with Crippen LogP contribution in [0.1, 0.15) is 0 Å². The number of benzene rings is 1. The van der Waals surface area contributed by atoms with Crippen LogP contribution >= 0.6 is 24.8 Å². The summed E-state index contributed by atoms with van der Waals surface area (Å²) in [6.07, 6.45) is 3.26. The molecule has 0 aliphatic carbocycles. The van der Waals surface area contributed by atoms with E-state index in [1.54, 1.807) is 24.5 Å². The van der Waals surface area contributed by atoms with Crippen LogP contribution < -0.4 is 0 Å². The van der Waals surface area contributed by atoms with E-state index in [1.807, 2.05) is 6.07 Å². The molecule has 3 N–H and O–H groups in total. The quantitative estimate of drug-likeness (QED) is 0.669. The van der Waals surface area contributed by atoms with Crippen LogP contribution in [0.4, 0.5) is 0 Å². The summed E-state index contributed by atoms with van der Waals surface area (Å²) < 4.78 is 0. The van der Waals surface area contributed by atoms with Crippen LogP contribution in [-0.2, 0) is 0 Å². The number of hydrogen-bond acceptors (Lipinski definition) is 5. The summed E-state index contributed by atoms with van der Waals surface area (Å²) in [5.74, 6) is 0.124. The fourth-order valence-corrected chi connectivity index (χ4v) is 1.68. The second-order valence-corrected chi connectivity index (χ2v) is 3.42. The highest BCUT2D eigenvalue weighted by Gasteiger charge is 2.15. The Kier molecular flexibility index (Phi) is 4.85. The van der Waals surface area contributed by atoms with Crippen LogP contribution in [0.2, 0.25) is 0 Å². The minimum absolute atomic E-state index is 0. The van der Waals surface area contributed by atoms with E-state index in [-0.39, 0.29) is 30.6 Å². The molecule has 0 bridgehead atoms. The van der Waals surface area contributed by atoms with Gasteiger partial charge in [-0.15, -0.1) is 35.0 Å². The SMILES string of the molecule is Cl.Cl.Oc1cccc(-c2c[nH]nn2)c1-c1c[nH]nn1. The monoisotopic (exact) mass is 300 g/mol. The van der Waals surface area contributed by atoms with Crippen molar-refractivity contribution in [3.8, 4) is 28.3 Å². The highest BCUT2D eigenvalue weighted by atomic mass is 35.5. The lowest BCUT2D eigenvalue weighted by atomic mass is 10.0. The molecule has 7 nitrogen and oxygen atoms in total. The number of halogens is 2. The number of nitrogens with one attached hydrogen (secondary N) is 2. The Bertz CT molecular complexity index is 626. The van der Waals surface area contributed by atoms with E-state index in [9.17, 15) is 5.11 Å². The lowest BCUT2D eigenvalue weighted by Gasteiger charge is -2.05. The molecule has 0 aliphatic rings. The third-order valence-corrected chi connectivity index (χ3v) is 2.41. The molecule has 0 fully saturated rings. The van der Waals surface area contributed by atoms with E-state index in [2.05, 4.69) is 30.8 Å². The van der Waals surface area contributed by atoms with Gasteiger partial charge in [0.15, 0.2) is 0 Å². The molecule has 0 aliphatic heterocycles. The number of rotatable bonds is 2. The topological polar surface area (TPSA) is 103 Å². The van der Waals surface area contributed by atoms with E-state index >= 15 is 0 Å². The summed E-state index contributed by atoms with van der Waals surface area (Å²) in [6, 6.07) is 5.16.